The molecule has 1 aliphatic heterocycles. The molecule has 1 rings (SSSR count). The SMILES string of the molecule is COC(=O)[C@]1(Cl)CCCN1. The van der Waals surface area contributed by atoms with Gasteiger partial charge in [0.1, 0.15) is 0 Å². The largest absolute Gasteiger partial charge is 0.467 e. The third-order valence-electron chi connectivity index (χ3n) is 1.61. The highest BCUT2D eigenvalue weighted by Gasteiger charge is 2.39. The Hall–Kier alpha value is -0.280. The van der Waals surface area contributed by atoms with Crippen molar-refractivity contribution in [1.82, 2.24) is 5.32 Å². The van der Waals surface area contributed by atoms with Crippen LogP contribution in [-0.2, 0) is 9.53 Å². The van der Waals surface area contributed by atoms with Gasteiger partial charge in [-0.1, -0.05) is 11.6 Å². The van der Waals surface area contributed by atoms with Gasteiger partial charge in [-0.25, -0.2) is 4.79 Å². The molecular formula is C6H10ClNO2. The molecule has 0 aromatic carbocycles. The third-order valence-corrected chi connectivity index (χ3v) is 2.09. The second-order valence-corrected chi connectivity index (χ2v) is 2.97. The molecule has 1 saturated heterocycles. The van der Waals surface area contributed by atoms with Crippen molar-refractivity contribution in [3.8, 4) is 0 Å². The van der Waals surface area contributed by atoms with Gasteiger partial charge in [0.2, 0.25) is 0 Å². The Morgan fingerprint density at radius 2 is 2.50 bits per heavy atom. The van der Waals surface area contributed by atoms with E-state index in [2.05, 4.69) is 10.1 Å². The maximum atomic E-state index is 10.9. The van der Waals surface area contributed by atoms with Crippen LogP contribution in [-0.4, -0.2) is 24.6 Å². The van der Waals surface area contributed by atoms with Crippen LogP contribution in [0, 0.1) is 0 Å². The van der Waals surface area contributed by atoms with E-state index in [4.69, 9.17) is 11.6 Å². The summed E-state index contributed by atoms with van der Waals surface area (Å²) in [7, 11) is 1.34. The minimum absolute atomic E-state index is 0.383. The number of hydrogen-bond donors (Lipinski definition) is 1. The zero-order valence-corrected chi connectivity index (χ0v) is 6.57. The Kier molecular flexibility index (Phi) is 2.16. The number of carbonyl (C=O) groups is 1. The summed E-state index contributed by atoms with van der Waals surface area (Å²) in [5.74, 6) is -0.383. The predicted octanol–water partition coefficient (Wildman–Crippen LogP) is 0.478. The number of halogens is 1. The molecule has 0 saturated carbocycles. The van der Waals surface area contributed by atoms with Crippen molar-refractivity contribution in [2.75, 3.05) is 13.7 Å². The number of rotatable bonds is 1. The van der Waals surface area contributed by atoms with Crippen molar-refractivity contribution in [2.24, 2.45) is 0 Å². The van der Waals surface area contributed by atoms with E-state index in [0.717, 1.165) is 13.0 Å². The average molecular weight is 164 g/mol. The normalized spacial score (nSPS) is 32.2. The Morgan fingerprint density at radius 1 is 1.80 bits per heavy atom. The van der Waals surface area contributed by atoms with E-state index in [1.54, 1.807) is 0 Å². The van der Waals surface area contributed by atoms with E-state index in [0.29, 0.717) is 6.42 Å². The topological polar surface area (TPSA) is 38.3 Å². The summed E-state index contributed by atoms with van der Waals surface area (Å²) < 4.78 is 4.50. The molecule has 0 aromatic heterocycles. The molecule has 58 valence electrons. The summed E-state index contributed by atoms with van der Waals surface area (Å²) in [6.45, 7) is 0.790. The smallest absolute Gasteiger partial charge is 0.341 e. The van der Waals surface area contributed by atoms with Crippen molar-refractivity contribution in [1.29, 1.82) is 0 Å². The monoisotopic (exact) mass is 163 g/mol. The van der Waals surface area contributed by atoms with Crippen molar-refractivity contribution in [2.45, 2.75) is 17.8 Å². The zero-order chi connectivity index (χ0) is 7.61. The minimum atomic E-state index is -0.936. The first-order chi connectivity index (χ1) is 4.69. The van der Waals surface area contributed by atoms with E-state index >= 15 is 0 Å². The molecule has 0 spiro atoms. The number of nitrogens with one attached hydrogen (secondary N) is 1. The van der Waals surface area contributed by atoms with Crippen LogP contribution in [0.4, 0.5) is 0 Å². The molecule has 10 heavy (non-hydrogen) atoms. The van der Waals surface area contributed by atoms with Crippen LogP contribution >= 0.6 is 11.6 Å². The standard InChI is InChI=1S/C6H10ClNO2/c1-10-5(9)6(7)3-2-4-8-6/h8H,2-4H2,1H3/t6-/m0/s1. The maximum absolute atomic E-state index is 10.9. The van der Waals surface area contributed by atoms with Gasteiger partial charge in [-0.2, -0.15) is 0 Å². The van der Waals surface area contributed by atoms with Crippen molar-refractivity contribution < 1.29 is 9.53 Å². The number of carbonyl (C=O) groups excluding carboxylic acids is 1. The average Bonchev–Trinajstić information content (AvgIpc) is 2.36. The van der Waals surface area contributed by atoms with Crippen molar-refractivity contribution in [3.63, 3.8) is 0 Å². The van der Waals surface area contributed by atoms with Gasteiger partial charge < -0.3 is 4.74 Å². The summed E-state index contributed by atoms with van der Waals surface area (Å²) in [6.07, 6.45) is 1.58. The summed E-state index contributed by atoms with van der Waals surface area (Å²) in [5.41, 5.74) is 0. The quantitative estimate of drug-likeness (QED) is 0.347. The predicted molar refractivity (Wildman–Crippen MR) is 37.8 cm³/mol. The molecule has 4 heteroatoms. The third kappa shape index (κ3) is 1.25. The molecule has 1 N–H and O–H groups in total. The van der Waals surface area contributed by atoms with Crippen LogP contribution in [0.25, 0.3) is 0 Å². The molecular weight excluding hydrogens is 154 g/mol. The fourth-order valence-electron chi connectivity index (χ4n) is 1.04. The molecule has 0 amide bonds. The van der Waals surface area contributed by atoms with Crippen LogP contribution in [0.3, 0.4) is 0 Å². The van der Waals surface area contributed by atoms with Crippen LogP contribution in [0.2, 0.25) is 0 Å². The molecule has 0 aliphatic carbocycles. The van der Waals surface area contributed by atoms with Gasteiger partial charge >= 0.3 is 5.97 Å². The van der Waals surface area contributed by atoms with Crippen LogP contribution in [0.15, 0.2) is 0 Å². The second kappa shape index (κ2) is 2.76. The van der Waals surface area contributed by atoms with E-state index in [-0.39, 0.29) is 5.97 Å². The molecule has 1 heterocycles. The van der Waals surface area contributed by atoms with Gasteiger partial charge in [-0.3, -0.25) is 5.32 Å². The van der Waals surface area contributed by atoms with Gasteiger partial charge in [0.05, 0.1) is 7.11 Å². The Morgan fingerprint density at radius 3 is 2.90 bits per heavy atom. The van der Waals surface area contributed by atoms with Crippen LogP contribution in [0.1, 0.15) is 12.8 Å². The van der Waals surface area contributed by atoms with Gasteiger partial charge in [0.25, 0.3) is 0 Å². The highest BCUT2D eigenvalue weighted by atomic mass is 35.5. The van der Waals surface area contributed by atoms with Gasteiger partial charge in [0.15, 0.2) is 5.00 Å². The Bertz CT molecular complexity index is 143. The summed E-state index contributed by atoms with van der Waals surface area (Å²) in [4.78, 5) is 9.98. The second-order valence-electron chi connectivity index (χ2n) is 2.32. The summed E-state index contributed by atoms with van der Waals surface area (Å²) in [6, 6.07) is 0. The fraction of sp³-hybridized carbons (Fsp3) is 0.833. The molecule has 3 nitrogen and oxygen atoms in total. The fourth-order valence-corrected chi connectivity index (χ4v) is 1.35. The number of ether oxygens (including phenoxy) is 1. The maximum Gasteiger partial charge on any atom is 0.341 e. The van der Waals surface area contributed by atoms with E-state index in [1.165, 1.54) is 7.11 Å². The Labute approximate surface area is 64.7 Å². The van der Waals surface area contributed by atoms with E-state index < -0.39 is 5.00 Å². The van der Waals surface area contributed by atoms with Gasteiger partial charge in [-0.05, 0) is 19.4 Å². The number of hydrogen-bond acceptors (Lipinski definition) is 3. The number of esters is 1. The molecule has 0 radical (unpaired) electrons. The lowest BCUT2D eigenvalue weighted by Crippen LogP contribution is -2.42. The first-order valence-corrected chi connectivity index (χ1v) is 3.59. The molecule has 0 bridgehead atoms. The molecule has 1 atom stereocenters. The zero-order valence-electron chi connectivity index (χ0n) is 5.82. The van der Waals surface area contributed by atoms with E-state index in [1.807, 2.05) is 0 Å². The number of methoxy groups -OCH3 is 1. The number of alkyl halides is 1. The molecule has 0 unspecified atom stereocenters. The lowest BCUT2D eigenvalue weighted by Gasteiger charge is -2.17. The first kappa shape index (κ1) is 7.82. The summed E-state index contributed by atoms with van der Waals surface area (Å²) in [5, 5.41) is 2.87. The first-order valence-electron chi connectivity index (χ1n) is 3.21. The van der Waals surface area contributed by atoms with Crippen molar-refractivity contribution in [3.05, 3.63) is 0 Å². The Balaban J connectivity index is 2.58. The van der Waals surface area contributed by atoms with Gasteiger partial charge in [-0.15, -0.1) is 0 Å². The highest BCUT2D eigenvalue weighted by molar-refractivity contribution is 6.33. The lowest BCUT2D eigenvalue weighted by molar-refractivity contribution is -0.144. The minimum Gasteiger partial charge on any atom is -0.467 e. The highest BCUT2D eigenvalue weighted by Crippen LogP contribution is 2.24. The molecule has 1 aliphatic rings. The van der Waals surface area contributed by atoms with Crippen LogP contribution < -0.4 is 5.32 Å². The lowest BCUT2D eigenvalue weighted by atomic mass is 10.2. The summed E-state index contributed by atoms with van der Waals surface area (Å²) >= 11 is 5.84. The van der Waals surface area contributed by atoms with E-state index in [9.17, 15) is 4.79 Å². The molecule has 1 fully saturated rings. The van der Waals surface area contributed by atoms with Crippen LogP contribution in [0.5, 0.6) is 0 Å². The van der Waals surface area contributed by atoms with Crippen molar-refractivity contribution >= 4 is 17.6 Å². The molecule has 0 aromatic rings. The van der Waals surface area contributed by atoms with Gasteiger partial charge in [0, 0.05) is 0 Å².